The fourth-order valence-electron chi connectivity index (χ4n) is 3.01. The highest BCUT2D eigenvalue weighted by molar-refractivity contribution is 6.30. The van der Waals surface area contributed by atoms with Crippen LogP contribution in [0.5, 0.6) is 0 Å². The van der Waals surface area contributed by atoms with Crippen molar-refractivity contribution in [1.29, 1.82) is 0 Å². The first kappa shape index (κ1) is 15.5. The van der Waals surface area contributed by atoms with E-state index in [4.69, 9.17) is 11.6 Å². The van der Waals surface area contributed by atoms with Crippen LogP contribution in [0.1, 0.15) is 18.4 Å². The first-order valence-corrected chi connectivity index (χ1v) is 7.56. The number of amides is 2. The third-order valence-corrected chi connectivity index (χ3v) is 4.42. The van der Waals surface area contributed by atoms with Gasteiger partial charge < -0.3 is 9.90 Å². The molecular formula is C17H13ClNO4-. The number of aliphatic carboxylic acids is 1. The van der Waals surface area contributed by atoms with E-state index in [1.54, 1.807) is 30.3 Å². The highest BCUT2D eigenvalue weighted by atomic mass is 35.5. The minimum Gasteiger partial charge on any atom is -0.545 e. The number of carboxylic acid groups (broad SMARTS) is 1. The number of carbonyl (C=O) groups excluding carboxylic acids is 3. The molecular weight excluding hydrogens is 318 g/mol. The van der Waals surface area contributed by atoms with Crippen LogP contribution in [0.3, 0.4) is 0 Å². The largest absolute Gasteiger partial charge is 0.545 e. The van der Waals surface area contributed by atoms with Crippen molar-refractivity contribution in [2.45, 2.75) is 12.8 Å². The Morgan fingerprint density at radius 3 is 2.74 bits per heavy atom. The van der Waals surface area contributed by atoms with Crippen molar-refractivity contribution in [3.63, 3.8) is 0 Å². The molecule has 3 rings (SSSR count). The number of carbonyl (C=O) groups is 3. The zero-order valence-corrected chi connectivity index (χ0v) is 12.8. The summed E-state index contributed by atoms with van der Waals surface area (Å²) >= 11 is 5.99. The molecule has 2 atom stereocenters. The molecule has 118 valence electrons. The number of carboxylic acids is 1. The SMILES string of the molecule is O=C([O-])/C=C/c1cccc(N2C(=O)[C@@H]3CC=C(Cl)C[C@H]3C2=O)c1. The van der Waals surface area contributed by atoms with Crippen LogP contribution in [0.25, 0.3) is 6.08 Å². The number of halogens is 1. The van der Waals surface area contributed by atoms with Gasteiger partial charge in [-0.05, 0) is 36.6 Å². The van der Waals surface area contributed by atoms with Crippen LogP contribution in [0.15, 0.2) is 41.4 Å². The smallest absolute Gasteiger partial charge is 0.238 e. The van der Waals surface area contributed by atoms with Gasteiger partial charge in [0.1, 0.15) is 0 Å². The number of hydrogen-bond acceptors (Lipinski definition) is 4. The van der Waals surface area contributed by atoms with Gasteiger partial charge >= 0.3 is 0 Å². The maximum absolute atomic E-state index is 12.6. The number of fused-ring (bicyclic) bond motifs is 1. The molecule has 0 aromatic heterocycles. The first-order valence-electron chi connectivity index (χ1n) is 7.19. The van der Waals surface area contributed by atoms with Crippen LogP contribution in [-0.4, -0.2) is 17.8 Å². The lowest BCUT2D eigenvalue weighted by Gasteiger charge is -2.17. The molecule has 0 unspecified atom stereocenters. The van der Waals surface area contributed by atoms with Gasteiger partial charge in [-0.1, -0.05) is 35.9 Å². The molecule has 2 aliphatic rings. The molecule has 6 heteroatoms. The quantitative estimate of drug-likeness (QED) is 0.621. The molecule has 1 aliphatic carbocycles. The van der Waals surface area contributed by atoms with Crippen molar-refractivity contribution in [3.8, 4) is 0 Å². The zero-order valence-electron chi connectivity index (χ0n) is 12.1. The number of nitrogens with zero attached hydrogens (tertiary/aromatic N) is 1. The molecule has 0 spiro atoms. The summed E-state index contributed by atoms with van der Waals surface area (Å²) in [5.74, 6) is -2.58. The summed E-state index contributed by atoms with van der Waals surface area (Å²) in [6.07, 6.45) is 4.90. The van der Waals surface area contributed by atoms with Gasteiger partial charge in [0.2, 0.25) is 11.8 Å². The van der Waals surface area contributed by atoms with Crippen molar-refractivity contribution in [1.82, 2.24) is 0 Å². The number of imide groups is 1. The molecule has 0 N–H and O–H groups in total. The van der Waals surface area contributed by atoms with Crippen molar-refractivity contribution in [2.24, 2.45) is 11.8 Å². The fourth-order valence-corrected chi connectivity index (χ4v) is 3.27. The van der Waals surface area contributed by atoms with E-state index in [2.05, 4.69) is 0 Å². The fraction of sp³-hybridized carbons (Fsp3) is 0.235. The molecule has 0 saturated carbocycles. The van der Waals surface area contributed by atoms with E-state index in [1.165, 1.54) is 11.0 Å². The zero-order chi connectivity index (χ0) is 16.6. The minimum atomic E-state index is -1.31. The Morgan fingerprint density at radius 2 is 2.00 bits per heavy atom. The second-order valence-electron chi connectivity index (χ2n) is 5.56. The number of allylic oxidation sites excluding steroid dienone is 2. The summed E-state index contributed by atoms with van der Waals surface area (Å²) in [6.45, 7) is 0. The van der Waals surface area contributed by atoms with E-state index in [0.29, 0.717) is 29.1 Å². The van der Waals surface area contributed by atoms with Gasteiger partial charge in [-0.25, -0.2) is 0 Å². The Balaban J connectivity index is 1.91. The Hall–Kier alpha value is -2.40. The summed E-state index contributed by atoms with van der Waals surface area (Å²) in [5.41, 5.74) is 1.00. The summed E-state index contributed by atoms with van der Waals surface area (Å²) in [6, 6.07) is 6.59. The summed E-state index contributed by atoms with van der Waals surface area (Å²) in [5, 5.41) is 11.1. The summed E-state index contributed by atoms with van der Waals surface area (Å²) in [4.78, 5) is 36.8. The van der Waals surface area contributed by atoms with Crippen molar-refractivity contribution in [3.05, 3.63) is 47.0 Å². The number of anilines is 1. The minimum absolute atomic E-state index is 0.235. The van der Waals surface area contributed by atoms with Gasteiger partial charge in [-0.3, -0.25) is 14.5 Å². The number of rotatable bonds is 3. The van der Waals surface area contributed by atoms with Gasteiger partial charge in [-0.15, -0.1) is 0 Å². The number of hydrogen-bond donors (Lipinski definition) is 0. The second kappa shape index (κ2) is 6.01. The lowest BCUT2D eigenvalue weighted by molar-refractivity contribution is -0.297. The van der Waals surface area contributed by atoms with Crippen LogP contribution in [0, 0.1) is 11.8 Å². The Bertz CT molecular complexity index is 753. The van der Waals surface area contributed by atoms with Crippen LogP contribution < -0.4 is 10.0 Å². The average molecular weight is 331 g/mol. The number of benzene rings is 1. The van der Waals surface area contributed by atoms with E-state index >= 15 is 0 Å². The lowest BCUT2D eigenvalue weighted by Crippen LogP contribution is -2.30. The van der Waals surface area contributed by atoms with Gasteiger partial charge in [0.15, 0.2) is 0 Å². The van der Waals surface area contributed by atoms with E-state index in [-0.39, 0.29) is 17.7 Å². The lowest BCUT2D eigenvalue weighted by atomic mass is 9.85. The molecule has 23 heavy (non-hydrogen) atoms. The average Bonchev–Trinajstić information content (AvgIpc) is 2.76. The maximum Gasteiger partial charge on any atom is 0.238 e. The van der Waals surface area contributed by atoms with Gasteiger partial charge in [-0.2, -0.15) is 0 Å². The molecule has 1 saturated heterocycles. The van der Waals surface area contributed by atoms with E-state index in [9.17, 15) is 19.5 Å². The molecule has 1 aromatic carbocycles. The first-order chi connectivity index (χ1) is 11.0. The maximum atomic E-state index is 12.6. The second-order valence-corrected chi connectivity index (χ2v) is 6.05. The molecule has 1 aromatic rings. The van der Waals surface area contributed by atoms with Gasteiger partial charge in [0, 0.05) is 5.03 Å². The van der Waals surface area contributed by atoms with Crippen molar-refractivity contribution >= 4 is 41.1 Å². The molecule has 1 heterocycles. The van der Waals surface area contributed by atoms with E-state index < -0.39 is 11.9 Å². The van der Waals surface area contributed by atoms with Gasteiger partial charge in [0.05, 0.1) is 23.5 Å². The monoisotopic (exact) mass is 330 g/mol. The van der Waals surface area contributed by atoms with Crippen LogP contribution in [-0.2, 0) is 14.4 Å². The van der Waals surface area contributed by atoms with E-state index in [0.717, 1.165) is 6.08 Å². The van der Waals surface area contributed by atoms with E-state index in [1.807, 2.05) is 0 Å². The van der Waals surface area contributed by atoms with Crippen molar-refractivity contribution in [2.75, 3.05) is 4.90 Å². The standard InChI is InChI=1S/C17H14ClNO4/c18-11-5-6-13-14(9-11)17(23)19(16(13)22)12-3-1-2-10(8-12)4-7-15(20)21/h1-5,7-8,13-14H,6,9H2,(H,20,21)/p-1/b7-4+/t13-,14-/m1/s1. The van der Waals surface area contributed by atoms with Crippen LogP contribution in [0.4, 0.5) is 5.69 Å². The predicted octanol–water partition coefficient (Wildman–Crippen LogP) is 1.47. The molecule has 0 radical (unpaired) electrons. The molecule has 0 bridgehead atoms. The molecule has 2 amide bonds. The highest BCUT2D eigenvalue weighted by Gasteiger charge is 2.48. The molecule has 1 aliphatic heterocycles. The van der Waals surface area contributed by atoms with Crippen LogP contribution in [0.2, 0.25) is 0 Å². The Morgan fingerprint density at radius 1 is 1.26 bits per heavy atom. The third kappa shape index (κ3) is 2.92. The molecule has 5 nitrogen and oxygen atoms in total. The predicted molar refractivity (Wildman–Crippen MR) is 83.1 cm³/mol. The topological polar surface area (TPSA) is 77.5 Å². The highest BCUT2D eigenvalue weighted by Crippen LogP contribution is 2.40. The Kier molecular flexibility index (Phi) is 4.05. The Labute approximate surface area is 137 Å². The molecule has 1 fully saturated rings. The van der Waals surface area contributed by atoms with Crippen LogP contribution >= 0.6 is 11.6 Å². The summed E-state index contributed by atoms with van der Waals surface area (Å²) in [7, 11) is 0. The summed E-state index contributed by atoms with van der Waals surface area (Å²) < 4.78 is 0. The van der Waals surface area contributed by atoms with Gasteiger partial charge in [0.25, 0.3) is 0 Å². The third-order valence-electron chi connectivity index (χ3n) is 4.11. The van der Waals surface area contributed by atoms with Crippen molar-refractivity contribution < 1.29 is 19.5 Å². The normalized spacial score (nSPS) is 24.0.